The van der Waals surface area contributed by atoms with E-state index in [0.29, 0.717) is 41.8 Å². The van der Waals surface area contributed by atoms with Crippen LogP contribution in [0.5, 0.6) is 0 Å². The van der Waals surface area contributed by atoms with Gasteiger partial charge < -0.3 is 5.32 Å². The molecule has 0 spiro atoms. The second-order valence-electron chi connectivity index (χ2n) is 8.82. The number of amides is 1. The van der Waals surface area contributed by atoms with Gasteiger partial charge in [-0.25, -0.2) is 8.42 Å². The van der Waals surface area contributed by atoms with Crippen molar-refractivity contribution in [1.82, 2.24) is 9.62 Å². The van der Waals surface area contributed by atoms with Crippen molar-refractivity contribution in [3.8, 4) is 0 Å². The fraction of sp³-hybridized carbons (Fsp3) is 0.458. The molecule has 1 heterocycles. The molecule has 2 aliphatic rings. The second kappa shape index (κ2) is 8.93. The minimum atomic E-state index is -3.54. The molecule has 1 atom stereocenters. The van der Waals surface area contributed by atoms with Gasteiger partial charge in [0.05, 0.1) is 10.9 Å². The number of aryl methyl sites for hydroxylation is 2. The number of benzene rings is 2. The summed E-state index contributed by atoms with van der Waals surface area (Å²) in [5, 5.41) is 3.92. The van der Waals surface area contributed by atoms with Crippen LogP contribution in [0.4, 0.5) is 0 Å². The largest absolute Gasteiger partial charge is 0.349 e. The molecule has 1 saturated carbocycles. The Labute approximate surface area is 189 Å². The summed E-state index contributed by atoms with van der Waals surface area (Å²) < 4.78 is 27.7. The van der Waals surface area contributed by atoms with Gasteiger partial charge in [0.25, 0.3) is 0 Å². The van der Waals surface area contributed by atoms with Crippen molar-refractivity contribution in [3.63, 3.8) is 0 Å². The number of halogens is 1. The first-order valence-electron chi connectivity index (χ1n) is 10.9. The summed E-state index contributed by atoms with van der Waals surface area (Å²) >= 11 is 6.01. The molecule has 2 fully saturated rings. The van der Waals surface area contributed by atoms with E-state index >= 15 is 0 Å². The van der Waals surface area contributed by atoms with Crippen LogP contribution >= 0.6 is 11.6 Å². The highest BCUT2D eigenvalue weighted by Crippen LogP contribution is 2.41. The first-order valence-corrected chi connectivity index (χ1v) is 12.7. The number of carbonyl (C=O) groups is 1. The van der Waals surface area contributed by atoms with Crippen molar-refractivity contribution in [3.05, 3.63) is 64.2 Å². The Morgan fingerprint density at radius 2 is 1.68 bits per heavy atom. The third-order valence-electron chi connectivity index (χ3n) is 6.39. The predicted octanol–water partition coefficient (Wildman–Crippen LogP) is 4.63. The Balaban J connectivity index is 1.40. The average Bonchev–Trinajstić information content (AvgIpc) is 3.57. The Morgan fingerprint density at radius 3 is 2.26 bits per heavy atom. The van der Waals surface area contributed by atoms with Gasteiger partial charge in [0.2, 0.25) is 15.9 Å². The zero-order valence-corrected chi connectivity index (χ0v) is 19.5. The molecular weight excluding hydrogens is 432 g/mol. The van der Waals surface area contributed by atoms with Crippen molar-refractivity contribution >= 4 is 27.5 Å². The van der Waals surface area contributed by atoms with Crippen LogP contribution in [0.15, 0.2) is 47.4 Å². The molecule has 1 saturated heterocycles. The van der Waals surface area contributed by atoms with Crippen molar-refractivity contribution in [2.75, 3.05) is 13.1 Å². The molecular formula is C24H29ClN2O3S. The van der Waals surface area contributed by atoms with Gasteiger partial charge in [0.1, 0.15) is 0 Å². The van der Waals surface area contributed by atoms with Gasteiger partial charge in [-0.2, -0.15) is 4.31 Å². The predicted molar refractivity (Wildman–Crippen MR) is 122 cm³/mol. The maximum Gasteiger partial charge on any atom is 0.243 e. The van der Waals surface area contributed by atoms with E-state index < -0.39 is 10.0 Å². The van der Waals surface area contributed by atoms with Crippen molar-refractivity contribution < 1.29 is 13.2 Å². The molecule has 31 heavy (non-hydrogen) atoms. The molecule has 166 valence electrons. The maximum atomic E-state index is 13.1. The van der Waals surface area contributed by atoms with Crippen LogP contribution < -0.4 is 5.32 Å². The molecule has 1 aliphatic carbocycles. The number of nitrogens with one attached hydrogen (secondary N) is 1. The number of piperidine rings is 1. The minimum Gasteiger partial charge on any atom is -0.349 e. The molecule has 0 aromatic heterocycles. The van der Waals surface area contributed by atoms with Crippen molar-refractivity contribution in [2.24, 2.45) is 11.8 Å². The molecule has 1 N–H and O–H groups in total. The van der Waals surface area contributed by atoms with E-state index in [-0.39, 0.29) is 17.9 Å². The van der Waals surface area contributed by atoms with Crippen LogP contribution in [0.1, 0.15) is 48.4 Å². The average molecular weight is 461 g/mol. The highest BCUT2D eigenvalue weighted by atomic mass is 35.5. The molecule has 0 bridgehead atoms. The zero-order valence-electron chi connectivity index (χ0n) is 18.0. The highest BCUT2D eigenvalue weighted by Gasteiger charge is 2.37. The number of rotatable bonds is 6. The summed E-state index contributed by atoms with van der Waals surface area (Å²) in [4.78, 5) is 13.4. The zero-order chi connectivity index (χ0) is 22.2. The number of hydrogen-bond acceptors (Lipinski definition) is 3. The lowest BCUT2D eigenvalue weighted by molar-refractivity contribution is -0.127. The summed E-state index contributed by atoms with van der Waals surface area (Å²) in [6, 6.07) is 13.1. The Kier molecular flexibility index (Phi) is 6.42. The number of hydrogen-bond donors (Lipinski definition) is 1. The summed E-state index contributed by atoms with van der Waals surface area (Å²) in [5.74, 6) is 0.324. The van der Waals surface area contributed by atoms with Gasteiger partial charge in [0, 0.05) is 24.0 Å². The molecule has 1 aliphatic heterocycles. The smallest absolute Gasteiger partial charge is 0.243 e. The normalized spacial score (nSPS) is 19.2. The Hall–Kier alpha value is -1.89. The molecule has 0 unspecified atom stereocenters. The van der Waals surface area contributed by atoms with E-state index in [9.17, 15) is 13.2 Å². The van der Waals surface area contributed by atoms with Crippen LogP contribution in [0.2, 0.25) is 5.02 Å². The van der Waals surface area contributed by atoms with E-state index in [1.54, 1.807) is 6.07 Å². The van der Waals surface area contributed by atoms with E-state index in [1.165, 1.54) is 4.31 Å². The number of nitrogens with zero attached hydrogens (tertiary/aromatic N) is 1. The summed E-state index contributed by atoms with van der Waals surface area (Å²) in [7, 11) is -3.54. The van der Waals surface area contributed by atoms with Crippen LogP contribution in [0.3, 0.4) is 0 Å². The lowest BCUT2D eigenvalue weighted by Crippen LogP contribution is -2.44. The summed E-state index contributed by atoms with van der Waals surface area (Å²) in [6.07, 6.45) is 3.29. The van der Waals surface area contributed by atoms with Crippen LogP contribution in [-0.4, -0.2) is 31.7 Å². The molecule has 1 amide bonds. The van der Waals surface area contributed by atoms with Crippen molar-refractivity contribution in [1.29, 1.82) is 0 Å². The van der Waals surface area contributed by atoms with E-state index in [0.717, 1.165) is 29.5 Å². The summed E-state index contributed by atoms with van der Waals surface area (Å²) in [5.41, 5.74) is 2.88. The molecule has 5 nitrogen and oxygen atoms in total. The Morgan fingerprint density at radius 1 is 1.03 bits per heavy atom. The third kappa shape index (κ3) is 4.97. The molecule has 2 aromatic rings. The van der Waals surface area contributed by atoms with Crippen LogP contribution in [-0.2, 0) is 14.8 Å². The fourth-order valence-electron chi connectivity index (χ4n) is 4.43. The van der Waals surface area contributed by atoms with Gasteiger partial charge in [-0.05, 0) is 74.8 Å². The second-order valence-corrected chi connectivity index (χ2v) is 11.2. The molecule has 0 radical (unpaired) electrons. The van der Waals surface area contributed by atoms with Gasteiger partial charge in [0.15, 0.2) is 0 Å². The Bertz CT molecular complexity index is 1060. The fourth-order valence-corrected chi connectivity index (χ4v) is 6.23. The maximum absolute atomic E-state index is 13.1. The molecule has 7 heteroatoms. The van der Waals surface area contributed by atoms with Crippen molar-refractivity contribution in [2.45, 2.75) is 50.5 Å². The monoisotopic (exact) mass is 460 g/mol. The number of carbonyl (C=O) groups excluding carboxylic acids is 1. The lowest BCUT2D eigenvalue weighted by atomic mass is 9.95. The SMILES string of the molecule is Cc1ccc(S(=O)(=O)N2CCC(C(=O)N[C@@H](c3ccc(Cl)cc3)C3CC3)CC2)c(C)c1. The first kappa shape index (κ1) is 22.3. The van der Waals surface area contributed by atoms with E-state index in [2.05, 4.69) is 5.32 Å². The van der Waals surface area contributed by atoms with Gasteiger partial charge in [-0.3, -0.25) is 4.79 Å². The third-order valence-corrected chi connectivity index (χ3v) is 8.70. The quantitative estimate of drug-likeness (QED) is 0.683. The lowest BCUT2D eigenvalue weighted by Gasteiger charge is -2.32. The van der Waals surface area contributed by atoms with Crippen LogP contribution in [0, 0.1) is 25.7 Å². The van der Waals surface area contributed by atoms with Gasteiger partial charge in [-0.1, -0.05) is 41.4 Å². The summed E-state index contributed by atoms with van der Waals surface area (Å²) in [6.45, 7) is 4.51. The molecule has 4 rings (SSSR count). The molecule has 2 aromatic carbocycles. The van der Waals surface area contributed by atoms with Gasteiger partial charge >= 0.3 is 0 Å². The van der Waals surface area contributed by atoms with Gasteiger partial charge in [-0.15, -0.1) is 0 Å². The highest BCUT2D eigenvalue weighted by molar-refractivity contribution is 7.89. The van der Waals surface area contributed by atoms with E-state index in [1.807, 2.05) is 50.2 Å². The minimum absolute atomic E-state index is 0.00161. The van der Waals surface area contributed by atoms with Crippen LogP contribution in [0.25, 0.3) is 0 Å². The standard InChI is InChI=1S/C24H29ClN2O3S/c1-16-3-10-22(17(2)15-16)31(29,30)27-13-11-20(12-14-27)24(28)26-23(18-4-5-18)19-6-8-21(25)9-7-19/h3,6-10,15,18,20,23H,4-5,11-14H2,1-2H3,(H,26,28)/t23-/m1/s1. The number of sulfonamides is 1. The topological polar surface area (TPSA) is 66.5 Å². The first-order chi connectivity index (χ1) is 14.8. The van der Waals surface area contributed by atoms with E-state index in [4.69, 9.17) is 11.6 Å².